The smallest absolute Gasteiger partial charge is 0.242 e. The van der Waals surface area contributed by atoms with Crippen LogP contribution in [0.5, 0.6) is 0 Å². The Kier molecular flexibility index (Phi) is 3.89. The van der Waals surface area contributed by atoms with Gasteiger partial charge in [0.05, 0.1) is 18.0 Å². The number of hydrogen-bond acceptors (Lipinski definition) is 5. The third-order valence-corrected chi connectivity index (χ3v) is 3.20. The van der Waals surface area contributed by atoms with Gasteiger partial charge in [0.2, 0.25) is 5.95 Å². The number of nitrogens with one attached hydrogen (secondary N) is 1. The van der Waals surface area contributed by atoms with Crippen molar-refractivity contribution in [1.29, 1.82) is 0 Å². The number of aromatic nitrogens is 3. The maximum atomic E-state index is 9.42. The molecular weight excluding hydrogens is 216 g/mol. The summed E-state index contributed by atoms with van der Waals surface area (Å²) in [7, 11) is 0. The van der Waals surface area contributed by atoms with Crippen molar-refractivity contribution in [3.05, 3.63) is 11.9 Å². The molecule has 0 unspecified atom stereocenters. The Morgan fingerprint density at radius 3 is 2.47 bits per heavy atom. The van der Waals surface area contributed by atoms with Crippen LogP contribution < -0.4 is 5.32 Å². The molecule has 0 amide bonds. The van der Waals surface area contributed by atoms with E-state index in [0.29, 0.717) is 17.9 Å². The molecule has 0 bridgehead atoms. The van der Waals surface area contributed by atoms with E-state index in [2.05, 4.69) is 34.3 Å². The van der Waals surface area contributed by atoms with Crippen molar-refractivity contribution in [2.45, 2.75) is 57.6 Å². The lowest BCUT2D eigenvalue weighted by Gasteiger charge is -2.25. The molecule has 0 spiro atoms. The summed E-state index contributed by atoms with van der Waals surface area (Å²) in [6.07, 6.45) is 5.30. The number of anilines is 1. The summed E-state index contributed by atoms with van der Waals surface area (Å²) < 4.78 is 0. The number of aliphatic hydroxyl groups is 1. The van der Waals surface area contributed by atoms with Crippen LogP contribution in [0.15, 0.2) is 6.20 Å². The SMILES string of the molecule is CC(C)c1cnc(NC2CCC(O)CC2)nn1. The van der Waals surface area contributed by atoms with Gasteiger partial charge in [0, 0.05) is 6.04 Å². The van der Waals surface area contributed by atoms with Crippen molar-refractivity contribution >= 4 is 5.95 Å². The molecule has 5 nitrogen and oxygen atoms in total. The van der Waals surface area contributed by atoms with Crippen molar-refractivity contribution in [2.24, 2.45) is 0 Å². The van der Waals surface area contributed by atoms with Crippen molar-refractivity contribution < 1.29 is 5.11 Å². The Balaban J connectivity index is 1.90. The molecule has 94 valence electrons. The first-order chi connectivity index (χ1) is 8.15. The van der Waals surface area contributed by atoms with Crippen molar-refractivity contribution in [3.8, 4) is 0 Å². The van der Waals surface area contributed by atoms with Gasteiger partial charge in [-0.3, -0.25) is 0 Å². The summed E-state index contributed by atoms with van der Waals surface area (Å²) in [5.41, 5.74) is 0.912. The lowest BCUT2D eigenvalue weighted by Crippen LogP contribution is -2.29. The third kappa shape index (κ3) is 3.36. The van der Waals surface area contributed by atoms with Gasteiger partial charge in [0.15, 0.2) is 0 Å². The highest BCUT2D eigenvalue weighted by atomic mass is 16.3. The van der Waals surface area contributed by atoms with Crippen LogP contribution in [0.25, 0.3) is 0 Å². The van der Waals surface area contributed by atoms with Gasteiger partial charge in [-0.1, -0.05) is 13.8 Å². The third-order valence-electron chi connectivity index (χ3n) is 3.20. The van der Waals surface area contributed by atoms with Gasteiger partial charge in [0.1, 0.15) is 0 Å². The van der Waals surface area contributed by atoms with E-state index < -0.39 is 0 Å². The highest BCUT2D eigenvalue weighted by Crippen LogP contribution is 2.20. The van der Waals surface area contributed by atoms with Crippen LogP contribution >= 0.6 is 0 Å². The minimum Gasteiger partial charge on any atom is -0.393 e. The minimum absolute atomic E-state index is 0.129. The van der Waals surface area contributed by atoms with Crippen molar-refractivity contribution in [3.63, 3.8) is 0 Å². The second kappa shape index (κ2) is 5.40. The van der Waals surface area contributed by atoms with E-state index in [9.17, 15) is 5.11 Å². The Hall–Kier alpha value is -1.23. The molecule has 0 atom stereocenters. The molecule has 2 N–H and O–H groups in total. The number of rotatable bonds is 3. The molecule has 1 aliphatic carbocycles. The molecule has 1 aromatic rings. The molecule has 1 aromatic heterocycles. The van der Waals surface area contributed by atoms with Gasteiger partial charge >= 0.3 is 0 Å². The van der Waals surface area contributed by atoms with Gasteiger partial charge in [-0.05, 0) is 31.6 Å². The summed E-state index contributed by atoms with van der Waals surface area (Å²) in [6.45, 7) is 4.14. The van der Waals surface area contributed by atoms with E-state index in [0.717, 1.165) is 31.4 Å². The molecular formula is C12H20N4O. The Morgan fingerprint density at radius 2 is 1.94 bits per heavy atom. The normalized spacial score (nSPS) is 24.9. The summed E-state index contributed by atoms with van der Waals surface area (Å²) in [6, 6.07) is 0.366. The quantitative estimate of drug-likeness (QED) is 0.836. The van der Waals surface area contributed by atoms with Crippen molar-refractivity contribution in [1.82, 2.24) is 15.2 Å². The number of aliphatic hydroxyl groups excluding tert-OH is 1. The lowest BCUT2D eigenvalue weighted by molar-refractivity contribution is 0.126. The average molecular weight is 236 g/mol. The fraction of sp³-hybridized carbons (Fsp3) is 0.750. The molecule has 2 rings (SSSR count). The Bertz CT molecular complexity index is 344. The summed E-state index contributed by atoms with van der Waals surface area (Å²) in [5.74, 6) is 0.949. The number of nitrogens with zero attached hydrogens (tertiary/aromatic N) is 3. The Labute approximate surface area is 102 Å². The highest BCUT2D eigenvalue weighted by Gasteiger charge is 2.19. The van der Waals surface area contributed by atoms with E-state index >= 15 is 0 Å². The molecule has 1 fully saturated rings. The van der Waals surface area contributed by atoms with Crippen LogP contribution in [0.3, 0.4) is 0 Å². The van der Waals surface area contributed by atoms with E-state index in [4.69, 9.17) is 0 Å². The van der Waals surface area contributed by atoms with Gasteiger partial charge in [-0.15, -0.1) is 5.10 Å². The predicted molar refractivity (Wildman–Crippen MR) is 65.8 cm³/mol. The summed E-state index contributed by atoms with van der Waals surface area (Å²) in [4.78, 5) is 4.27. The van der Waals surface area contributed by atoms with Crippen LogP contribution in [-0.2, 0) is 0 Å². The predicted octanol–water partition coefficient (Wildman–Crippen LogP) is 1.71. The molecule has 0 aromatic carbocycles. The van der Waals surface area contributed by atoms with Crippen LogP contribution in [0.4, 0.5) is 5.95 Å². The van der Waals surface area contributed by atoms with Gasteiger partial charge in [0.25, 0.3) is 0 Å². The zero-order valence-electron chi connectivity index (χ0n) is 10.4. The van der Waals surface area contributed by atoms with E-state index in [1.54, 1.807) is 6.20 Å². The molecule has 17 heavy (non-hydrogen) atoms. The molecule has 0 aliphatic heterocycles. The van der Waals surface area contributed by atoms with Gasteiger partial charge in [-0.2, -0.15) is 5.10 Å². The topological polar surface area (TPSA) is 70.9 Å². The highest BCUT2D eigenvalue weighted by molar-refractivity contribution is 5.24. The van der Waals surface area contributed by atoms with Crippen LogP contribution in [0.1, 0.15) is 51.1 Å². The lowest BCUT2D eigenvalue weighted by atomic mass is 9.93. The standard InChI is InChI=1S/C12H20N4O/c1-8(2)11-7-13-12(16-15-11)14-9-3-5-10(17)6-4-9/h7-10,17H,3-6H2,1-2H3,(H,13,14,16). The van der Waals surface area contributed by atoms with Crippen LogP contribution in [-0.4, -0.2) is 32.4 Å². The fourth-order valence-electron chi connectivity index (χ4n) is 2.02. The zero-order valence-corrected chi connectivity index (χ0v) is 10.4. The van der Waals surface area contributed by atoms with Crippen LogP contribution in [0, 0.1) is 0 Å². The molecule has 5 heteroatoms. The van der Waals surface area contributed by atoms with Gasteiger partial charge < -0.3 is 10.4 Å². The molecule has 1 saturated carbocycles. The van der Waals surface area contributed by atoms with Gasteiger partial charge in [-0.25, -0.2) is 4.98 Å². The van der Waals surface area contributed by atoms with E-state index in [1.807, 2.05) is 0 Å². The maximum Gasteiger partial charge on any atom is 0.242 e. The maximum absolute atomic E-state index is 9.42. The molecule has 1 heterocycles. The zero-order chi connectivity index (χ0) is 12.3. The number of hydrogen-bond donors (Lipinski definition) is 2. The first kappa shape index (κ1) is 12.2. The second-order valence-corrected chi connectivity index (χ2v) is 5.01. The molecule has 0 radical (unpaired) electrons. The fourth-order valence-corrected chi connectivity index (χ4v) is 2.02. The minimum atomic E-state index is -0.129. The molecule has 1 aliphatic rings. The second-order valence-electron chi connectivity index (χ2n) is 5.01. The first-order valence-electron chi connectivity index (χ1n) is 6.29. The first-order valence-corrected chi connectivity index (χ1v) is 6.29. The van der Waals surface area contributed by atoms with E-state index in [-0.39, 0.29) is 6.10 Å². The largest absolute Gasteiger partial charge is 0.393 e. The molecule has 0 saturated heterocycles. The summed E-state index contributed by atoms with van der Waals surface area (Å²) >= 11 is 0. The van der Waals surface area contributed by atoms with E-state index in [1.165, 1.54) is 0 Å². The summed E-state index contributed by atoms with van der Waals surface area (Å²) in [5, 5.41) is 20.9. The van der Waals surface area contributed by atoms with Crippen LogP contribution in [0.2, 0.25) is 0 Å². The Morgan fingerprint density at radius 1 is 1.24 bits per heavy atom. The average Bonchev–Trinajstić information content (AvgIpc) is 2.33. The monoisotopic (exact) mass is 236 g/mol. The van der Waals surface area contributed by atoms with Crippen molar-refractivity contribution in [2.75, 3.05) is 5.32 Å².